The van der Waals surface area contributed by atoms with Gasteiger partial charge in [0, 0.05) is 25.4 Å². The molecule has 3 aromatic heterocycles. The van der Waals surface area contributed by atoms with Crippen LogP contribution in [-0.4, -0.2) is 30.6 Å². The molecule has 0 aliphatic carbocycles. The van der Waals surface area contributed by atoms with Gasteiger partial charge in [-0.1, -0.05) is 23.7 Å². The van der Waals surface area contributed by atoms with Gasteiger partial charge >= 0.3 is 0 Å². The number of fused-ring (bicyclic) bond motifs is 1. The minimum atomic E-state index is -0.194. The fraction of sp³-hybridized carbons (Fsp3) is 0.238. The molecule has 0 saturated heterocycles. The number of aromatic nitrogens is 5. The molecule has 3 heterocycles. The molecular formula is C21H21ClN6O. The molecule has 8 heteroatoms. The van der Waals surface area contributed by atoms with Gasteiger partial charge in [-0.25, -0.2) is 4.98 Å². The van der Waals surface area contributed by atoms with Gasteiger partial charge in [-0.15, -0.1) is 0 Å². The summed E-state index contributed by atoms with van der Waals surface area (Å²) in [5.74, 6) is 0.806. The Bertz CT molecular complexity index is 1090. The first-order valence-corrected chi connectivity index (χ1v) is 9.90. The molecule has 0 unspecified atom stereocenters. The molecular weight excluding hydrogens is 388 g/mol. The number of H-pyrrole nitrogens is 1. The van der Waals surface area contributed by atoms with Crippen LogP contribution in [0.25, 0.3) is 11.0 Å². The lowest BCUT2D eigenvalue weighted by Gasteiger charge is -2.04. The van der Waals surface area contributed by atoms with Crippen LogP contribution in [0, 0.1) is 0 Å². The Morgan fingerprint density at radius 1 is 1.17 bits per heavy atom. The fourth-order valence-corrected chi connectivity index (χ4v) is 3.30. The van der Waals surface area contributed by atoms with E-state index in [1.807, 2.05) is 24.3 Å². The smallest absolute Gasteiger partial charge is 0.254 e. The highest BCUT2D eigenvalue weighted by molar-refractivity contribution is 6.31. The number of carbonyl (C=O) groups is 1. The predicted molar refractivity (Wildman–Crippen MR) is 112 cm³/mol. The summed E-state index contributed by atoms with van der Waals surface area (Å²) in [6, 6.07) is 11.5. The molecule has 0 aliphatic rings. The molecule has 0 radical (unpaired) electrons. The molecule has 1 aromatic carbocycles. The minimum absolute atomic E-state index is 0.194. The first-order chi connectivity index (χ1) is 14.2. The zero-order chi connectivity index (χ0) is 20.1. The van der Waals surface area contributed by atoms with Crippen molar-refractivity contribution in [3.63, 3.8) is 0 Å². The van der Waals surface area contributed by atoms with E-state index in [4.69, 9.17) is 11.6 Å². The molecule has 2 N–H and O–H groups in total. The zero-order valence-corrected chi connectivity index (χ0v) is 16.6. The van der Waals surface area contributed by atoms with E-state index >= 15 is 0 Å². The van der Waals surface area contributed by atoms with E-state index in [9.17, 15) is 4.79 Å². The van der Waals surface area contributed by atoms with Crippen LogP contribution in [0.3, 0.4) is 0 Å². The second kappa shape index (κ2) is 8.87. The number of amides is 1. The van der Waals surface area contributed by atoms with Gasteiger partial charge in [-0.2, -0.15) is 5.10 Å². The van der Waals surface area contributed by atoms with Crippen molar-refractivity contribution in [2.24, 2.45) is 0 Å². The number of aryl methyl sites for hydroxylation is 2. The van der Waals surface area contributed by atoms with Crippen LogP contribution in [0.5, 0.6) is 0 Å². The first kappa shape index (κ1) is 19.1. The lowest BCUT2D eigenvalue weighted by atomic mass is 10.2. The first-order valence-electron chi connectivity index (χ1n) is 9.53. The minimum Gasteiger partial charge on any atom is -0.346 e. The third kappa shape index (κ3) is 4.81. The van der Waals surface area contributed by atoms with Gasteiger partial charge in [0.25, 0.3) is 5.91 Å². The Morgan fingerprint density at radius 3 is 2.93 bits per heavy atom. The quantitative estimate of drug-likeness (QED) is 0.434. The summed E-state index contributed by atoms with van der Waals surface area (Å²) in [4.78, 5) is 24.4. The molecule has 0 bridgehead atoms. The van der Waals surface area contributed by atoms with Crippen molar-refractivity contribution >= 4 is 28.5 Å². The third-order valence-corrected chi connectivity index (χ3v) is 4.98. The molecule has 4 rings (SSSR count). The molecule has 1 amide bonds. The maximum Gasteiger partial charge on any atom is 0.254 e. The Hall–Kier alpha value is -3.19. The van der Waals surface area contributed by atoms with E-state index in [0.717, 1.165) is 42.7 Å². The van der Waals surface area contributed by atoms with Gasteiger partial charge < -0.3 is 10.3 Å². The van der Waals surface area contributed by atoms with Crippen LogP contribution in [0.1, 0.15) is 34.7 Å². The highest BCUT2D eigenvalue weighted by atomic mass is 35.5. The number of halogens is 1. The summed E-state index contributed by atoms with van der Waals surface area (Å²) in [6.07, 6.45) is 7.80. The van der Waals surface area contributed by atoms with Crippen LogP contribution in [0.4, 0.5) is 0 Å². The molecule has 29 heavy (non-hydrogen) atoms. The monoisotopic (exact) mass is 408 g/mol. The Morgan fingerprint density at radius 2 is 2.07 bits per heavy atom. The number of para-hydroxylation sites is 2. The number of unbranched alkanes of at least 4 members (excludes halogenated alkanes) is 1. The van der Waals surface area contributed by atoms with Crippen molar-refractivity contribution < 1.29 is 4.79 Å². The SMILES string of the molecule is O=C(NCc1ncccc1Cl)c1cnn(CCCCc2nc3ccccc3[nH]2)c1. The van der Waals surface area contributed by atoms with Gasteiger partial charge in [0.2, 0.25) is 0 Å². The lowest BCUT2D eigenvalue weighted by molar-refractivity contribution is 0.0950. The standard InChI is InChI=1S/C21H21ClN6O/c22-16-6-5-10-23-19(16)13-24-21(29)15-12-25-28(14-15)11-4-3-9-20-26-17-7-1-2-8-18(17)27-20/h1-2,5-8,10,12,14H,3-4,9,11,13H2,(H,24,29)(H,26,27). The van der Waals surface area contributed by atoms with Gasteiger partial charge in [0.05, 0.1) is 40.1 Å². The van der Waals surface area contributed by atoms with Crippen LogP contribution in [0.2, 0.25) is 5.02 Å². The molecule has 7 nitrogen and oxygen atoms in total. The zero-order valence-electron chi connectivity index (χ0n) is 15.8. The second-order valence-corrected chi connectivity index (χ2v) is 7.17. The molecule has 0 atom stereocenters. The van der Waals surface area contributed by atoms with Crippen LogP contribution in [0.15, 0.2) is 55.0 Å². The summed E-state index contributed by atoms with van der Waals surface area (Å²) >= 11 is 6.06. The molecule has 0 spiro atoms. The molecule has 0 fully saturated rings. The number of nitrogens with zero attached hydrogens (tertiary/aromatic N) is 4. The average molecular weight is 409 g/mol. The van der Waals surface area contributed by atoms with Gasteiger partial charge in [-0.05, 0) is 37.1 Å². The normalized spacial score (nSPS) is 11.1. The van der Waals surface area contributed by atoms with E-state index in [0.29, 0.717) is 16.3 Å². The van der Waals surface area contributed by atoms with Crippen LogP contribution < -0.4 is 5.32 Å². The van der Waals surface area contributed by atoms with Crippen molar-refractivity contribution in [2.75, 3.05) is 0 Å². The number of pyridine rings is 1. The fourth-order valence-electron chi connectivity index (χ4n) is 3.11. The van der Waals surface area contributed by atoms with Crippen molar-refractivity contribution in [3.05, 3.63) is 77.1 Å². The number of aromatic amines is 1. The van der Waals surface area contributed by atoms with Crippen molar-refractivity contribution in [1.29, 1.82) is 0 Å². The number of carbonyl (C=O) groups excluding carboxylic acids is 1. The summed E-state index contributed by atoms with van der Waals surface area (Å²) in [7, 11) is 0. The van der Waals surface area contributed by atoms with E-state index in [1.165, 1.54) is 0 Å². The summed E-state index contributed by atoms with van der Waals surface area (Å²) in [6.45, 7) is 1.03. The summed E-state index contributed by atoms with van der Waals surface area (Å²) < 4.78 is 1.79. The number of benzene rings is 1. The average Bonchev–Trinajstić information content (AvgIpc) is 3.37. The van der Waals surface area contributed by atoms with Crippen molar-refractivity contribution in [3.8, 4) is 0 Å². The van der Waals surface area contributed by atoms with Crippen LogP contribution in [-0.2, 0) is 19.5 Å². The number of hydrogen-bond donors (Lipinski definition) is 2. The Kier molecular flexibility index (Phi) is 5.86. The lowest BCUT2D eigenvalue weighted by Crippen LogP contribution is -2.23. The van der Waals surface area contributed by atoms with E-state index in [2.05, 4.69) is 25.4 Å². The molecule has 148 valence electrons. The van der Waals surface area contributed by atoms with E-state index in [1.54, 1.807) is 35.4 Å². The topological polar surface area (TPSA) is 88.5 Å². The van der Waals surface area contributed by atoms with Gasteiger partial charge in [0.15, 0.2) is 0 Å². The van der Waals surface area contributed by atoms with Gasteiger partial charge in [-0.3, -0.25) is 14.5 Å². The molecule has 0 aliphatic heterocycles. The predicted octanol–water partition coefficient (Wildman–Crippen LogP) is 3.76. The number of hydrogen-bond acceptors (Lipinski definition) is 4. The maximum absolute atomic E-state index is 12.3. The highest BCUT2D eigenvalue weighted by Crippen LogP contribution is 2.13. The van der Waals surface area contributed by atoms with Gasteiger partial charge in [0.1, 0.15) is 5.82 Å². The number of nitrogens with one attached hydrogen (secondary N) is 2. The largest absolute Gasteiger partial charge is 0.346 e. The number of imidazole rings is 1. The summed E-state index contributed by atoms with van der Waals surface area (Å²) in [5, 5.41) is 7.63. The van der Waals surface area contributed by atoms with Crippen molar-refractivity contribution in [1.82, 2.24) is 30.0 Å². The molecule has 4 aromatic rings. The van der Waals surface area contributed by atoms with Crippen LogP contribution >= 0.6 is 11.6 Å². The second-order valence-electron chi connectivity index (χ2n) is 6.76. The Balaban J connectivity index is 1.23. The van der Waals surface area contributed by atoms with Crippen molar-refractivity contribution in [2.45, 2.75) is 32.4 Å². The highest BCUT2D eigenvalue weighted by Gasteiger charge is 2.10. The van der Waals surface area contributed by atoms with E-state index < -0.39 is 0 Å². The number of rotatable bonds is 8. The summed E-state index contributed by atoms with van der Waals surface area (Å²) in [5.41, 5.74) is 3.23. The Labute approximate surface area is 173 Å². The molecule has 0 saturated carbocycles. The van der Waals surface area contributed by atoms with E-state index in [-0.39, 0.29) is 12.5 Å². The third-order valence-electron chi connectivity index (χ3n) is 4.64. The maximum atomic E-state index is 12.3.